The number of nitrogens with one attached hydrogen (secondary N) is 1. The first kappa shape index (κ1) is 20.0. The number of rotatable bonds is 4. The standard InChI is InChI=1S/C22H32N4O3/c1-3-29-21(28)25-14-10-22(2,11-15-25)16-24-12-8-17(9-13-24)26-19-7-5-4-6-18(19)23-20(26)27/h4-7,17H,3,8-16H2,1-2H3,(H,23,27). The summed E-state index contributed by atoms with van der Waals surface area (Å²) in [7, 11) is 0. The van der Waals surface area contributed by atoms with E-state index in [2.05, 4.69) is 16.8 Å². The van der Waals surface area contributed by atoms with Gasteiger partial charge in [-0.15, -0.1) is 0 Å². The molecular weight excluding hydrogens is 368 g/mol. The molecule has 1 N–H and O–H groups in total. The van der Waals surface area contributed by atoms with Crippen LogP contribution in [0.5, 0.6) is 0 Å². The molecule has 29 heavy (non-hydrogen) atoms. The fourth-order valence-electron chi connectivity index (χ4n) is 4.91. The summed E-state index contributed by atoms with van der Waals surface area (Å²) in [5.74, 6) is 0. The molecular formula is C22H32N4O3. The summed E-state index contributed by atoms with van der Waals surface area (Å²) in [6.07, 6.45) is 3.82. The quantitative estimate of drug-likeness (QED) is 0.855. The molecule has 2 aromatic rings. The Balaban J connectivity index is 1.33. The Hall–Kier alpha value is -2.28. The first-order valence-corrected chi connectivity index (χ1v) is 10.8. The van der Waals surface area contributed by atoms with Gasteiger partial charge in [0.15, 0.2) is 0 Å². The van der Waals surface area contributed by atoms with Gasteiger partial charge in [0.2, 0.25) is 0 Å². The molecule has 1 aromatic heterocycles. The van der Waals surface area contributed by atoms with Crippen LogP contribution in [0.1, 0.15) is 45.6 Å². The third-order valence-corrected chi connectivity index (χ3v) is 6.65. The van der Waals surface area contributed by atoms with Crippen molar-refractivity contribution in [2.24, 2.45) is 5.41 Å². The van der Waals surface area contributed by atoms with Crippen LogP contribution in [0.15, 0.2) is 29.1 Å². The van der Waals surface area contributed by atoms with Crippen molar-refractivity contribution in [1.82, 2.24) is 19.4 Å². The van der Waals surface area contributed by atoms with Crippen molar-refractivity contribution in [3.8, 4) is 0 Å². The largest absolute Gasteiger partial charge is 0.450 e. The first-order valence-electron chi connectivity index (χ1n) is 10.8. The van der Waals surface area contributed by atoms with Gasteiger partial charge in [-0.2, -0.15) is 0 Å². The van der Waals surface area contributed by atoms with Crippen LogP contribution in [0.3, 0.4) is 0 Å². The third-order valence-electron chi connectivity index (χ3n) is 6.65. The molecule has 4 rings (SSSR count). The number of hydrogen-bond donors (Lipinski definition) is 1. The molecule has 0 saturated carbocycles. The minimum atomic E-state index is -0.181. The maximum Gasteiger partial charge on any atom is 0.409 e. The SMILES string of the molecule is CCOC(=O)N1CCC(C)(CN2CCC(n3c(=O)[nH]c4ccccc43)CC2)CC1. The van der Waals surface area contributed by atoms with Gasteiger partial charge in [0, 0.05) is 38.8 Å². The zero-order valence-corrected chi connectivity index (χ0v) is 17.5. The van der Waals surface area contributed by atoms with Crippen molar-refractivity contribution in [2.75, 3.05) is 39.3 Å². The van der Waals surface area contributed by atoms with Gasteiger partial charge < -0.3 is 19.5 Å². The highest BCUT2D eigenvalue weighted by molar-refractivity contribution is 5.75. The van der Waals surface area contributed by atoms with Crippen LogP contribution >= 0.6 is 0 Å². The van der Waals surface area contributed by atoms with Crippen LogP contribution in [0.2, 0.25) is 0 Å². The van der Waals surface area contributed by atoms with E-state index in [1.54, 1.807) is 0 Å². The van der Waals surface area contributed by atoms with Crippen LogP contribution in [-0.2, 0) is 4.74 Å². The van der Waals surface area contributed by atoms with E-state index < -0.39 is 0 Å². The Bertz CT molecular complexity index is 902. The molecule has 0 bridgehead atoms. The molecule has 3 heterocycles. The Morgan fingerprint density at radius 2 is 1.86 bits per heavy atom. The lowest BCUT2D eigenvalue weighted by Gasteiger charge is -2.43. The molecule has 2 saturated heterocycles. The lowest BCUT2D eigenvalue weighted by molar-refractivity contribution is 0.0484. The number of amides is 1. The maximum absolute atomic E-state index is 12.5. The van der Waals surface area contributed by atoms with E-state index in [-0.39, 0.29) is 23.2 Å². The summed E-state index contributed by atoms with van der Waals surface area (Å²) in [6, 6.07) is 8.20. The molecule has 2 fully saturated rings. The van der Waals surface area contributed by atoms with E-state index in [4.69, 9.17) is 4.74 Å². The lowest BCUT2D eigenvalue weighted by Crippen LogP contribution is -2.48. The number of fused-ring (bicyclic) bond motifs is 1. The van der Waals surface area contributed by atoms with E-state index in [0.717, 1.165) is 69.4 Å². The number of carbonyl (C=O) groups excluding carboxylic acids is 1. The first-order chi connectivity index (χ1) is 14.0. The smallest absolute Gasteiger partial charge is 0.409 e. The molecule has 2 aliphatic heterocycles. The minimum Gasteiger partial charge on any atom is -0.450 e. The number of hydrogen-bond acceptors (Lipinski definition) is 4. The highest BCUT2D eigenvalue weighted by atomic mass is 16.6. The number of aromatic amines is 1. The van der Waals surface area contributed by atoms with Gasteiger partial charge in [-0.3, -0.25) is 4.57 Å². The average molecular weight is 401 g/mol. The fraction of sp³-hybridized carbons (Fsp3) is 0.636. The van der Waals surface area contributed by atoms with Gasteiger partial charge in [-0.05, 0) is 50.2 Å². The van der Waals surface area contributed by atoms with E-state index >= 15 is 0 Å². The second-order valence-corrected chi connectivity index (χ2v) is 8.82. The highest BCUT2D eigenvalue weighted by Crippen LogP contribution is 2.34. The zero-order valence-electron chi connectivity index (χ0n) is 17.5. The van der Waals surface area contributed by atoms with Crippen molar-refractivity contribution in [2.45, 2.75) is 45.6 Å². The summed E-state index contributed by atoms with van der Waals surface area (Å²) in [4.78, 5) is 31.8. The summed E-state index contributed by atoms with van der Waals surface area (Å²) in [5.41, 5.74) is 2.16. The average Bonchev–Trinajstić information content (AvgIpc) is 3.05. The number of likely N-dealkylation sites (tertiary alicyclic amines) is 2. The predicted molar refractivity (Wildman–Crippen MR) is 113 cm³/mol. The molecule has 0 aliphatic carbocycles. The van der Waals surface area contributed by atoms with Crippen LogP contribution in [0.25, 0.3) is 11.0 Å². The topological polar surface area (TPSA) is 70.6 Å². The Morgan fingerprint density at radius 3 is 2.55 bits per heavy atom. The lowest BCUT2D eigenvalue weighted by atomic mass is 9.79. The van der Waals surface area contributed by atoms with E-state index in [0.29, 0.717) is 6.61 Å². The second-order valence-electron chi connectivity index (χ2n) is 8.82. The van der Waals surface area contributed by atoms with Crippen molar-refractivity contribution in [3.05, 3.63) is 34.7 Å². The fourth-order valence-corrected chi connectivity index (χ4v) is 4.91. The number of imidazole rings is 1. The van der Waals surface area contributed by atoms with Crippen LogP contribution in [0.4, 0.5) is 4.79 Å². The van der Waals surface area contributed by atoms with Crippen molar-refractivity contribution in [3.63, 3.8) is 0 Å². The van der Waals surface area contributed by atoms with Gasteiger partial charge in [-0.1, -0.05) is 19.1 Å². The molecule has 1 amide bonds. The van der Waals surface area contributed by atoms with E-state index in [1.807, 2.05) is 40.7 Å². The normalized spacial score (nSPS) is 20.8. The number of piperidine rings is 2. The second kappa shape index (κ2) is 8.22. The Labute approximate surface area is 171 Å². The number of nitrogens with zero attached hydrogens (tertiary/aromatic N) is 3. The van der Waals surface area contributed by atoms with Crippen molar-refractivity contribution >= 4 is 17.1 Å². The molecule has 158 valence electrons. The number of carbonyl (C=O) groups is 1. The summed E-state index contributed by atoms with van der Waals surface area (Å²) < 4.78 is 7.08. The van der Waals surface area contributed by atoms with Gasteiger partial charge in [0.25, 0.3) is 0 Å². The molecule has 7 heteroatoms. The van der Waals surface area contributed by atoms with Crippen LogP contribution in [-0.4, -0.2) is 64.8 Å². The Morgan fingerprint density at radius 1 is 1.17 bits per heavy atom. The van der Waals surface area contributed by atoms with Crippen LogP contribution in [0, 0.1) is 5.41 Å². The number of ether oxygens (including phenoxy) is 1. The van der Waals surface area contributed by atoms with Gasteiger partial charge >= 0.3 is 11.8 Å². The zero-order chi connectivity index (χ0) is 20.4. The molecule has 7 nitrogen and oxygen atoms in total. The third kappa shape index (κ3) is 4.20. The number of benzene rings is 1. The monoisotopic (exact) mass is 400 g/mol. The molecule has 0 spiro atoms. The minimum absolute atomic E-state index is 0.00273. The molecule has 2 aliphatic rings. The molecule has 0 atom stereocenters. The predicted octanol–water partition coefficient (Wildman–Crippen LogP) is 3.23. The van der Waals surface area contributed by atoms with Gasteiger partial charge in [0.05, 0.1) is 17.6 Å². The summed E-state index contributed by atoms with van der Waals surface area (Å²) in [5, 5.41) is 0. The number of H-pyrrole nitrogens is 1. The Kier molecular flexibility index (Phi) is 5.67. The highest BCUT2D eigenvalue weighted by Gasteiger charge is 2.35. The number of aromatic nitrogens is 2. The molecule has 0 unspecified atom stereocenters. The van der Waals surface area contributed by atoms with Gasteiger partial charge in [-0.25, -0.2) is 9.59 Å². The van der Waals surface area contributed by atoms with Crippen LogP contribution < -0.4 is 5.69 Å². The summed E-state index contributed by atoms with van der Waals surface area (Å²) in [6.45, 7) is 9.24. The van der Waals surface area contributed by atoms with Crippen molar-refractivity contribution in [1.29, 1.82) is 0 Å². The molecule has 1 aromatic carbocycles. The van der Waals surface area contributed by atoms with E-state index in [1.165, 1.54) is 0 Å². The van der Waals surface area contributed by atoms with Gasteiger partial charge in [0.1, 0.15) is 0 Å². The van der Waals surface area contributed by atoms with Crippen molar-refractivity contribution < 1.29 is 9.53 Å². The number of para-hydroxylation sites is 2. The molecule has 0 radical (unpaired) electrons. The maximum atomic E-state index is 12.5. The summed E-state index contributed by atoms with van der Waals surface area (Å²) >= 11 is 0. The van der Waals surface area contributed by atoms with E-state index in [9.17, 15) is 9.59 Å².